The zero-order valence-electron chi connectivity index (χ0n) is 12.7. The van der Waals surface area contributed by atoms with Crippen LogP contribution in [0, 0.1) is 5.41 Å². The minimum Gasteiger partial charge on any atom is -0.396 e. The molecule has 0 aromatic heterocycles. The molecule has 1 aromatic carbocycles. The third-order valence-electron chi connectivity index (χ3n) is 4.38. The van der Waals surface area contributed by atoms with Crippen molar-refractivity contribution in [2.45, 2.75) is 32.2 Å². The van der Waals surface area contributed by atoms with E-state index < -0.39 is 5.91 Å². The summed E-state index contributed by atoms with van der Waals surface area (Å²) in [5.74, 6) is -0.650. The standard InChI is InChI=1S/C17H22N2O3/c1-17(11-20)10-2-3-14(17)19-15(21)9-6-12-4-7-13(8-5-12)16(18)22/h4-9,14,20H,2-3,10-11H2,1H3,(H2,18,22)(H,19,21)/b9-6+. The number of hydrogen-bond acceptors (Lipinski definition) is 3. The van der Waals surface area contributed by atoms with E-state index in [9.17, 15) is 14.7 Å². The van der Waals surface area contributed by atoms with Gasteiger partial charge in [0.15, 0.2) is 0 Å². The number of carbonyl (C=O) groups excluding carboxylic acids is 2. The maximum Gasteiger partial charge on any atom is 0.248 e. The summed E-state index contributed by atoms with van der Waals surface area (Å²) >= 11 is 0. The van der Waals surface area contributed by atoms with Crippen molar-refractivity contribution in [3.8, 4) is 0 Å². The van der Waals surface area contributed by atoms with Gasteiger partial charge in [0.05, 0.1) is 6.61 Å². The van der Waals surface area contributed by atoms with Crippen LogP contribution in [0.4, 0.5) is 0 Å². The molecule has 0 radical (unpaired) electrons. The number of nitrogens with two attached hydrogens (primary N) is 1. The van der Waals surface area contributed by atoms with Crippen LogP contribution in [0.2, 0.25) is 0 Å². The number of primary amides is 1. The third kappa shape index (κ3) is 3.74. The van der Waals surface area contributed by atoms with Gasteiger partial charge in [0, 0.05) is 23.1 Å². The van der Waals surface area contributed by atoms with E-state index in [4.69, 9.17) is 5.73 Å². The third-order valence-corrected chi connectivity index (χ3v) is 4.38. The van der Waals surface area contributed by atoms with E-state index >= 15 is 0 Å². The van der Waals surface area contributed by atoms with Crippen LogP contribution < -0.4 is 11.1 Å². The molecule has 0 bridgehead atoms. The molecule has 0 spiro atoms. The lowest BCUT2D eigenvalue weighted by molar-refractivity contribution is -0.117. The molecule has 1 aliphatic carbocycles. The fraction of sp³-hybridized carbons (Fsp3) is 0.412. The zero-order chi connectivity index (χ0) is 16.2. The summed E-state index contributed by atoms with van der Waals surface area (Å²) in [6, 6.07) is 6.72. The molecule has 0 aliphatic heterocycles. The summed E-state index contributed by atoms with van der Waals surface area (Å²) in [5, 5.41) is 12.4. The average molecular weight is 302 g/mol. The van der Waals surface area contributed by atoms with Gasteiger partial charge < -0.3 is 16.2 Å². The first kappa shape index (κ1) is 16.2. The van der Waals surface area contributed by atoms with Crippen LogP contribution in [0.25, 0.3) is 6.08 Å². The number of nitrogens with one attached hydrogen (secondary N) is 1. The predicted molar refractivity (Wildman–Crippen MR) is 85.0 cm³/mol. The SMILES string of the molecule is CC1(CO)CCCC1NC(=O)/C=C/c1ccc(C(N)=O)cc1. The van der Waals surface area contributed by atoms with Gasteiger partial charge in [0.1, 0.15) is 0 Å². The summed E-state index contributed by atoms with van der Waals surface area (Å²) in [7, 11) is 0. The number of aliphatic hydroxyl groups excluding tert-OH is 1. The van der Waals surface area contributed by atoms with Crippen LogP contribution in [0.1, 0.15) is 42.1 Å². The van der Waals surface area contributed by atoms with Gasteiger partial charge in [0.2, 0.25) is 11.8 Å². The molecule has 0 saturated heterocycles. The fourth-order valence-electron chi connectivity index (χ4n) is 2.82. The topological polar surface area (TPSA) is 92.4 Å². The molecule has 1 aromatic rings. The van der Waals surface area contributed by atoms with E-state index in [2.05, 4.69) is 5.32 Å². The van der Waals surface area contributed by atoms with Crippen molar-refractivity contribution in [1.29, 1.82) is 0 Å². The summed E-state index contributed by atoms with van der Waals surface area (Å²) in [6.07, 6.45) is 5.98. The van der Waals surface area contributed by atoms with Crippen LogP contribution in [0.15, 0.2) is 30.3 Å². The minimum absolute atomic E-state index is 0.00638. The van der Waals surface area contributed by atoms with Gasteiger partial charge in [-0.2, -0.15) is 0 Å². The van der Waals surface area contributed by atoms with Gasteiger partial charge >= 0.3 is 0 Å². The molecular formula is C17H22N2O3. The molecule has 22 heavy (non-hydrogen) atoms. The highest BCUT2D eigenvalue weighted by Gasteiger charge is 2.38. The Hall–Kier alpha value is -2.14. The number of benzene rings is 1. The van der Waals surface area contributed by atoms with E-state index in [0.717, 1.165) is 24.8 Å². The van der Waals surface area contributed by atoms with Gasteiger partial charge in [-0.15, -0.1) is 0 Å². The van der Waals surface area contributed by atoms with E-state index in [0.29, 0.717) is 5.56 Å². The first-order chi connectivity index (χ1) is 10.4. The highest BCUT2D eigenvalue weighted by molar-refractivity contribution is 5.94. The smallest absolute Gasteiger partial charge is 0.248 e. The van der Waals surface area contributed by atoms with Gasteiger partial charge in [-0.3, -0.25) is 9.59 Å². The second-order valence-corrected chi connectivity index (χ2v) is 6.09. The maximum atomic E-state index is 12.0. The van der Waals surface area contributed by atoms with Gasteiger partial charge in [-0.05, 0) is 36.6 Å². The van der Waals surface area contributed by atoms with Crippen molar-refractivity contribution in [2.75, 3.05) is 6.61 Å². The Morgan fingerprint density at radius 1 is 1.41 bits per heavy atom. The number of amides is 2. The van der Waals surface area contributed by atoms with Crippen molar-refractivity contribution < 1.29 is 14.7 Å². The number of hydrogen-bond donors (Lipinski definition) is 3. The van der Waals surface area contributed by atoms with E-state index in [-0.39, 0.29) is 24.0 Å². The summed E-state index contributed by atoms with van der Waals surface area (Å²) < 4.78 is 0. The highest BCUT2D eigenvalue weighted by atomic mass is 16.3. The Bertz CT molecular complexity index is 580. The molecular weight excluding hydrogens is 280 g/mol. The largest absolute Gasteiger partial charge is 0.396 e. The van der Waals surface area contributed by atoms with Crippen LogP contribution in [0.5, 0.6) is 0 Å². The molecule has 1 fully saturated rings. The second kappa shape index (κ2) is 6.75. The summed E-state index contributed by atoms with van der Waals surface area (Å²) in [5.41, 5.74) is 6.20. The quantitative estimate of drug-likeness (QED) is 0.719. The number of carbonyl (C=O) groups is 2. The van der Waals surface area contributed by atoms with Gasteiger partial charge in [-0.1, -0.05) is 25.5 Å². The monoisotopic (exact) mass is 302 g/mol. The molecule has 2 atom stereocenters. The Morgan fingerprint density at radius 3 is 2.68 bits per heavy atom. The summed E-state index contributed by atoms with van der Waals surface area (Å²) in [4.78, 5) is 23.0. The first-order valence-corrected chi connectivity index (χ1v) is 7.44. The Kier molecular flexibility index (Phi) is 4.98. The van der Waals surface area contributed by atoms with E-state index in [1.807, 2.05) is 6.92 Å². The lowest BCUT2D eigenvalue weighted by atomic mass is 9.86. The summed E-state index contributed by atoms with van der Waals surface area (Å²) in [6.45, 7) is 2.08. The number of rotatable bonds is 5. The minimum atomic E-state index is -0.474. The van der Waals surface area contributed by atoms with Gasteiger partial charge in [-0.25, -0.2) is 0 Å². The van der Waals surface area contributed by atoms with Crippen LogP contribution in [0.3, 0.4) is 0 Å². The van der Waals surface area contributed by atoms with Gasteiger partial charge in [0.25, 0.3) is 0 Å². The molecule has 118 valence electrons. The van der Waals surface area contributed by atoms with Crippen molar-refractivity contribution in [2.24, 2.45) is 11.1 Å². The lowest BCUT2D eigenvalue weighted by Crippen LogP contribution is -2.44. The first-order valence-electron chi connectivity index (χ1n) is 7.44. The van der Waals surface area contributed by atoms with E-state index in [1.165, 1.54) is 6.08 Å². The molecule has 2 rings (SSSR count). The van der Waals surface area contributed by atoms with E-state index in [1.54, 1.807) is 30.3 Å². The highest BCUT2D eigenvalue weighted by Crippen LogP contribution is 2.37. The maximum absolute atomic E-state index is 12.0. The lowest BCUT2D eigenvalue weighted by Gasteiger charge is -2.29. The normalized spacial score (nSPS) is 24.5. The molecule has 5 nitrogen and oxygen atoms in total. The zero-order valence-corrected chi connectivity index (χ0v) is 12.7. The number of aliphatic hydroxyl groups is 1. The Morgan fingerprint density at radius 2 is 2.09 bits per heavy atom. The Balaban J connectivity index is 1.95. The second-order valence-electron chi connectivity index (χ2n) is 6.09. The average Bonchev–Trinajstić information content (AvgIpc) is 2.87. The van der Waals surface area contributed by atoms with Crippen molar-refractivity contribution >= 4 is 17.9 Å². The molecule has 0 heterocycles. The molecule has 1 saturated carbocycles. The molecule has 4 N–H and O–H groups in total. The molecule has 1 aliphatic rings. The van der Waals surface area contributed by atoms with Crippen molar-refractivity contribution in [3.05, 3.63) is 41.5 Å². The Labute approximate surface area is 130 Å². The van der Waals surface area contributed by atoms with Crippen LogP contribution in [-0.2, 0) is 4.79 Å². The predicted octanol–water partition coefficient (Wildman–Crippen LogP) is 1.47. The molecule has 5 heteroatoms. The van der Waals surface area contributed by atoms with Crippen LogP contribution in [-0.4, -0.2) is 29.6 Å². The fourth-order valence-corrected chi connectivity index (χ4v) is 2.82. The van der Waals surface area contributed by atoms with Crippen LogP contribution >= 0.6 is 0 Å². The van der Waals surface area contributed by atoms with Crippen molar-refractivity contribution in [1.82, 2.24) is 5.32 Å². The molecule has 2 amide bonds. The molecule has 2 unspecified atom stereocenters. The van der Waals surface area contributed by atoms with Crippen molar-refractivity contribution in [3.63, 3.8) is 0 Å².